The third-order valence-electron chi connectivity index (χ3n) is 3.72. The van der Waals surface area contributed by atoms with Crippen molar-refractivity contribution in [2.24, 2.45) is 5.92 Å². The van der Waals surface area contributed by atoms with Gasteiger partial charge in [-0.05, 0) is 69.5 Å². The zero-order valence-electron chi connectivity index (χ0n) is 12.4. The Hall–Kier alpha value is -1.55. The number of piperidine rings is 1. The topological polar surface area (TPSA) is 50.4 Å². The number of ether oxygens (including phenoxy) is 1. The first-order chi connectivity index (χ1) is 9.69. The molecule has 1 fully saturated rings. The molecule has 0 unspecified atom stereocenters. The Kier molecular flexibility index (Phi) is 5.41. The highest BCUT2D eigenvalue weighted by Crippen LogP contribution is 2.23. The standard InChI is InChI=1S/C16H24N2O2/c1-3-20-14-4-5-15(12(2)10-14)18-16(19)11-13-6-8-17-9-7-13/h4-5,10,13,17H,3,6-9,11H2,1-2H3,(H,18,19). The molecule has 20 heavy (non-hydrogen) atoms. The van der Waals surface area contributed by atoms with E-state index in [9.17, 15) is 4.79 Å². The Morgan fingerprint density at radius 2 is 2.15 bits per heavy atom. The summed E-state index contributed by atoms with van der Waals surface area (Å²) in [6.07, 6.45) is 2.81. The number of amides is 1. The predicted octanol–water partition coefficient (Wildman–Crippen LogP) is 2.72. The van der Waals surface area contributed by atoms with E-state index in [4.69, 9.17) is 4.74 Å². The summed E-state index contributed by atoms with van der Waals surface area (Å²) in [5.74, 6) is 1.48. The van der Waals surface area contributed by atoms with Crippen molar-refractivity contribution in [3.8, 4) is 5.75 Å². The number of benzene rings is 1. The van der Waals surface area contributed by atoms with E-state index in [0.717, 1.165) is 42.9 Å². The smallest absolute Gasteiger partial charge is 0.224 e. The van der Waals surface area contributed by atoms with E-state index in [-0.39, 0.29) is 5.91 Å². The Morgan fingerprint density at radius 3 is 2.80 bits per heavy atom. The van der Waals surface area contributed by atoms with Gasteiger partial charge in [0.05, 0.1) is 6.61 Å². The van der Waals surface area contributed by atoms with Gasteiger partial charge in [-0.25, -0.2) is 0 Å². The first-order valence-corrected chi connectivity index (χ1v) is 7.43. The molecule has 4 nitrogen and oxygen atoms in total. The molecule has 1 heterocycles. The van der Waals surface area contributed by atoms with Gasteiger partial charge < -0.3 is 15.4 Å². The minimum absolute atomic E-state index is 0.115. The minimum atomic E-state index is 0.115. The van der Waals surface area contributed by atoms with Crippen molar-refractivity contribution in [1.29, 1.82) is 0 Å². The van der Waals surface area contributed by atoms with Crippen LogP contribution in [0.25, 0.3) is 0 Å². The van der Waals surface area contributed by atoms with Gasteiger partial charge in [-0.15, -0.1) is 0 Å². The molecule has 1 aromatic carbocycles. The quantitative estimate of drug-likeness (QED) is 0.869. The van der Waals surface area contributed by atoms with E-state index < -0.39 is 0 Å². The van der Waals surface area contributed by atoms with Crippen molar-refractivity contribution in [1.82, 2.24) is 5.32 Å². The molecular formula is C16H24N2O2. The lowest BCUT2D eigenvalue weighted by molar-refractivity contribution is -0.117. The van der Waals surface area contributed by atoms with Gasteiger partial charge in [-0.3, -0.25) is 4.79 Å². The molecule has 0 atom stereocenters. The molecule has 2 N–H and O–H groups in total. The number of nitrogens with one attached hydrogen (secondary N) is 2. The van der Waals surface area contributed by atoms with Gasteiger partial charge in [-0.2, -0.15) is 0 Å². The fourth-order valence-corrected chi connectivity index (χ4v) is 2.58. The summed E-state index contributed by atoms with van der Waals surface area (Å²) in [7, 11) is 0. The van der Waals surface area contributed by atoms with Crippen LogP contribution in [0.1, 0.15) is 31.7 Å². The molecule has 1 aliphatic heterocycles. The molecule has 0 radical (unpaired) electrons. The highest BCUT2D eigenvalue weighted by molar-refractivity contribution is 5.91. The molecule has 0 bridgehead atoms. The summed E-state index contributed by atoms with van der Waals surface area (Å²) >= 11 is 0. The second-order valence-corrected chi connectivity index (χ2v) is 5.36. The Balaban J connectivity index is 1.90. The molecule has 1 amide bonds. The number of carbonyl (C=O) groups excluding carboxylic acids is 1. The van der Waals surface area contributed by atoms with E-state index in [1.165, 1.54) is 0 Å². The lowest BCUT2D eigenvalue weighted by Gasteiger charge is -2.22. The van der Waals surface area contributed by atoms with Crippen LogP contribution in [-0.2, 0) is 4.79 Å². The molecule has 4 heteroatoms. The van der Waals surface area contributed by atoms with Gasteiger partial charge in [-0.1, -0.05) is 0 Å². The lowest BCUT2D eigenvalue weighted by Crippen LogP contribution is -2.30. The summed E-state index contributed by atoms with van der Waals surface area (Å²) in [4.78, 5) is 12.1. The maximum absolute atomic E-state index is 12.1. The summed E-state index contributed by atoms with van der Waals surface area (Å²) in [5, 5.41) is 6.33. The summed E-state index contributed by atoms with van der Waals surface area (Å²) in [6, 6.07) is 5.78. The summed E-state index contributed by atoms with van der Waals surface area (Å²) in [6.45, 7) is 6.66. The van der Waals surface area contributed by atoms with Crippen molar-refractivity contribution in [2.45, 2.75) is 33.1 Å². The molecule has 1 aromatic rings. The van der Waals surface area contributed by atoms with E-state index in [1.807, 2.05) is 32.0 Å². The first-order valence-electron chi connectivity index (χ1n) is 7.43. The van der Waals surface area contributed by atoms with Crippen LogP contribution in [0.4, 0.5) is 5.69 Å². The van der Waals surface area contributed by atoms with Crippen LogP contribution in [0.15, 0.2) is 18.2 Å². The summed E-state index contributed by atoms with van der Waals surface area (Å²) in [5.41, 5.74) is 1.92. The van der Waals surface area contributed by atoms with Gasteiger partial charge in [0.15, 0.2) is 0 Å². The zero-order chi connectivity index (χ0) is 14.4. The average molecular weight is 276 g/mol. The Morgan fingerprint density at radius 1 is 1.40 bits per heavy atom. The van der Waals surface area contributed by atoms with Crippen molar-refractivity contribution in [3.63, 3.8) is 0 Å². The molecule has 0 aliphatic carbocycles. The molecule has 0 spiro atoms. The maximum atomic E-state index is 12.1. The highest BCUT2D eigenvalue weighted by Gasteiger charge is 2.17. The van der Waals surface area contributed by atoms with Crippen molar-refractivity contribution < 1.29 is 9.53 Å². The maximum Gasteiger partial charge on any atom is 0.224 e. The van der Waals surface area contributed by atoms with Gasteiger partial charge in [0, 0.05) is 12.1 Å². The minimum Gasteiger partial charge on any atom is -0.494 e. The SMILES string of the molecule is CCOc1ccc(NC(=O)CC2CCNCC2)c(C)c1. The molecule has 0 saturated carbocycles. The highest BCUT2D eigenvalue weighted by atomic mass is 16.5. The van der Waals surface area contributed by atoms with Crippen LogP contribution in [0.2, 0.25) is 0 Å². The second-order valence-electron chi connectivity index (χ2n) is 5.36. The van der Waals surface area contributed by atoms with Crippen LogP contribution in [0.5, 0.6) is 5.75 Å². The third kappa shape index (κ3) is 4.23. The number of carbonyl (C=O) groups is 1. The molecule has 1 saturated heterocycles. The number of hydrogen-bond acceptors (Lipinski definition) is 3. The van der Waals surface area contributed by atoms with Crippen molar-refractivity contribution in [3.05, 3.63) is 23.8 Å². The van der Waals surface area contributed by atoms with E-state index in [2.05, 4.69) is 10.6 Å². The van der Waals surface area contributed by atoms with Gasteiger partial charge in [0.1, 0.15) is 5.75 Å². The zero-order valence-corrected chi connectivity index (χ0v) is 12.4. The first kappa shape index (κ1) is 14.9. The Bertz CT molecular complexity index is 454. The largest absolute Gasteiger partial charge is 0.494 e. The fourth-order valence-electron chi connectivity index (χ4n) is 2.58. The molecular weight excluding hydrogens is 252 g/mol. The van der Waals surface area contributed by atoms with Crippen LogP contribution in [0.3, 0.4) is 0 Å². The normalized spacial score (nSPS) is 15.9. The van der Waals surface area contributed by atoms with Crippen LogP contribution < -0.4 is 15.4 Å². The number of anilines is 1. The molecule has 2 rings (SSSR count). The number of hydrogen-bond donors (Lipinski definition) is 2. The Labute approximate surface area is 120 Å². The molecule has 110 valence electrons. The predicted molar refractivity (Wildman–Crippen MR) is 81.2 cm³/mol. The van der Waals surface area contributed by atoms with Crippen LogP contribution >= 0.6 is 0 Å². The second kappa shape index (κ2) is 7.29. The van der Waals surface area contributed by atoms with Gasteiger partial charge in [0.2, 0.25) is 5.91 Å². The summed E-state index contributed by atoms with van der Waals surface area (Å²) < 4.78 is 5.45. The van der Waals surface area contributed by atoms with Gasteiger partial charge in [0.25, 0.3) is 0 Å². The van der Waals surface area contributed by atoms with Gasteiger partial charge >= 0.3 is 0 Å². The van der Waals surface area contributed by atoms with Crippen LogP contribution in [0, 0.1) is 12.8 Å². The molecule has 0 aromatic heterocycles. The van der Waals surface area contributed by atoms with E-state index >= 15 is 0 Å². The monoisotopic (exact) mass is 276 g/mol. The number of aryl methyl sites for hydroxylation is 1. The number of rotatable bonds is 5. The van der Waals surface area contributed by atoms with E-state index in [0.29, 0.717) is 18.9 Å². The van der Waals surface area contributed by atoms with Crippen LogP contribution in [-0.4, -0.2) is 25.6 Å². The third-order valence-corrected chi connectivity index (χ3v) is 3.72. The van der Waals surface area contributed by atoms with E-state index in [1.54, 1.807) is 0 Å². The average Bonchev–Trinajstić information content (AvgIpc) is 2.43. The fraction of sp³-hybridized carbons (Fsp3) is 0.562. The van der Waals surface area contributed by atoms with Crippen molar-refractivity contribution >= 4 is 11.6 Å². The lowest BCUT2D eigenvalue weighted by atomic mass is 9.94. The molecule has 1 aliphatic rings. The van der Waals surface area contributed by atoms with Crippen molar-refractivity contribution in [2.75, 3.05) is 25.0 Å².